The van der Waals surface area contributed by atoms with Gasteiger partial charge in [-0.15, -0.1) is 0 Å². The van der Waals surface area contributed by atoms with Crippen LogP contribution < -0.4 is 14.8 Å². The molecule has 1 aliphatic rings. The predicted molar refractivity (Wildman–Crippen MR) is 111 cm³/mol. The molecular formula is C23H28N2O4. The normalized spacial score (nSPS) is 14.4. The summed E-state index contributed by atoms with van der Waals surface area (Å²) in [6.45, 7) is 3.71. The summed E-state index contributed by atoms with van der Waals surface area (Å²) in [5, 5.41) is 3.04. The Labute approximate surface area is 171 Å². The highest BCUT2D eigenvalue weighted by Gasteiger charge is 2.28. The molecule has 0 bridgehead atoms. The van der Waals surface area contributed by atoms with Crippen molar-refractivity contribution in [3.63, 3.8) is 0 Å². The summed E-state index contributed by atoms with van der Waals surface area (Å²) in [4.78, 5) is 27.2. The number of ether oxygens (including phenoxy) is 2. The Balaban J connectivity index is 1.54. The number of amides is 2. The van der Waals surface area contributed by atoms with E-state index in [2.05, 4.69) is 5.32 Å². The molecular weight excluding hydrogens is 368 g/mol. The van der Waals surface area contributed by atoms with Crippen LogP contribution in [0.25, 0.3) is 0 Å². The molecule has 6 heteroatoms. The highest BCUT2D eigenvalue weighted by Crippen LogP contribution is 2.29. The van der Waals surface area contributed by atoms with E-state index in [0.29, 0.717) is 49.5 Å². The van der Waals surface area contributed by atoms with E-state index in [0.717, 1.165) is 5.56 Å². The van der Waals surface area contributed by atoms with E-state index in [4.69, 9.17) is 9.47 Å². The Morgan fingerprint density at radius 3 is 2.38 bits per heavy atom. The Morgan fingerprint density at radius 1 is 1.03 bits per heavy atom. The molecule has 1 N–H and O–H groups in total. The van der Waals surface area contributed by atoms with Crippen LogP contribution in [0.2, 0.25) is 0 Å². The van der Waals surface area contributed by atoms with Crippen LogP contribution in [0, 0.1) is 12.8 Å². The zero-order valence-electron chi connectivity index (χ0n) is 17.2. The first-order valence-corrected chi connectivity index (χ1v) is 9.87. The van der Waals surface area contributed by atoms with Gasteiger partial charge in [0, 0.05) is 31.1 Å². The third kappa shape index (κ3) is 4.88. The van der Waals surface area contributed by atoms with E-state index in [-0.39, 0.29) is 17.7 Å². The number of likely N-dealkylation sites (tertiary alicyclic amines) is 1. The van der Waals surface area contributed by atoms with Crippen molar-refractivity contribution in [1.82, 2.24) is 10.2 Å². The van der Waals surface area contributed by atoms with Crippen LogP contribution in [0.15, 0.2) is 42.5 Å². The van der Waals surface area contributed by atoms with E-state index >= 15 is 0 Å². The lowest BCUT2D eigenvalue weighted by Crippen LogP contribution is -2.43. The maximum atomic E-state index is 12.8. The van der Waals surface area contributed by atoms with Gasteiger partial charge < -0.3 is 19.7 Å². The molecule has 0 atom stereocenters. The summed E-state index contributed by atoms with van der Waals surface area (Å²) in [5.74, 6) is 1.07. The number of carbonyl (C=O) groups excluding carboxylic acids is 2. The van der Waals surface area contributed by atoms with E-state index in [9.17, 15) is 9.59 Å². The van der Waals surface area contributed by atoms with Crippen molar-refractivity contribution in [3.8, 4) is 11.5 Å². The van der Waals surface area contributed by atoms with Crippen molar-refractivity contribution >= 4 is 11.8 Å². The van der Waals surface area contributed by atoms with Gasteiger partial charge in [0.25, 0.3) is 5.91 Å². The van der Waals surface area contributed by atoms with Gasteiger partial charge in [-0.25, -0.2) is 0 Å². The molecule has 0 unspecified atom stereocenters. The van der Waals surface area contributed by atoms with Gasteiger partial charge in [0.15, 0.2) is 11.5 Å². The number of rotatable bonds is 6. The summed E-state index contributed by atoms with van der Waals surface area (Å²) >= 11 is 0. The van der Waals surface area contributed by atoms with Gasteiger partial charge in [-0.2, -0.15) is 0 Å². The lowest BCUT2D eigenvalue weighted by atomic mass is 9.95. The van der Waals surface area contributed by atoms with Crippen LogP contribution >= 0.6 is 0 Å². The van der Waals surface area contributed by atoms with Gasteiger partial charge >= 0.3 is 0 Å². The monoisotopic (exact) mass is 396 g/mol. The molecule has 2 aromatic rings. The van der Waals surface area contributed by atoms with Crippen LogP contribution in [0.4, 0.5) is 0 Å². The lowest BCUT2D eigenvalue weighted by Gasteiger charge is -2.31. The minimum atomic E-state index is -0.0616. The summed E-state index contributed by atoms with van der Waals surface area (Å²) in [6.07, 6.45) is 1.33. The number of piperidine rings is 1. The number of aryl methyl sites for hydroxylation is 1. The fourth-order valence-electron chi connectivity index (χ4n) is 3.63. The zero-order valence-corrected chi connectivity index (χ0v) is 17.2. The maximum Gasteiger partial charge on any atom is 0.253 e. The van der Waals surface area contributed by atoms with Crippen molar-refractivity contribution in [2.75, 3.05) is 27.3 Å². The van der Waals surface area contributed by atoms with Crippen molar-refractivity contribution in [3.05, 3.63) is 59.2 Å². The Bertz CT molecular complexity index is 873. The van der Waals surface area contributed by atoms with Crippen molar-refractivity contribution in [2.45, 2.75) is 26.3 Å². The first-order valence-electron chi connectivity index (χ1n) is 9.87. The highest BCUT2D eigenvalue weighted by atomic mass is 16.5. The van der Waals surface area contributed by atoms with Crippen LogP contribution in [-0.2, 0) is 11.3 Å². The van der Waals surface area contributed by atoms with Gasteiger partial charge in [-0.05, 0) is 49.1 Å². The molecule has 0 radical (unpaired) electrons. The van der Waals surface area contributed by atoms with Crippen molar-refractivity contribution < 1.29 is 19.1 Å². The van der Waals surface area contributed by atoms with E-state index < -0.39 is 0 Å². The van der Waals surface area contributed by atoms with Crippen LogP contribution in [-0.4, -0.2) is 44.0 Å². The summed E-state index contributed by atoms with van der Waals surface area (Å²) in [6, 6.07) is 13.2. The van der Waals surface area contributed by atoms with E-state index in [1.54, 1.807) is 37.3 Å². The number of hydrogen-bond acceptors (Lipinski definition) is 4. The van der Waals surface area contributed by atoms with Crippen LogP contribution in [0.5, 0.6) is 11.5 Å². The standard InChI is InChI=1S/C23H28N2O4/c1-16-6-4-5-7-19(16)15-24-22(26)17-10-12-25(13-11-17)23(27)18-8-9-20(28-2)21(14-18)29-3/h4-9,14,17H,10-13,15H2,1-3H3,(H,24,26). The maximum absolute atomic E-state index is 12.8. The Hall–Kier alpha value is -3.02. The molecule has 2 amide bonds. The molecule has 0 spiro atoms. The number of nitrogens with one attached hydrogen (secondary N) is 1. The third-order valence-electron chi connectivity index (χ3n) is 5.50. The fourth-order valence-corrected chi connectivity index (χ4v) is 3.63. The molecule has 1 fully saturated rings. The minimum absolute atomic E-state index is 0.0512. The summed E-state index contributed by atoms with van der Waals surface area (Å²) < 4.78 is 10.5. The van der Waals surface area contributed by atoms with Crippen molar-refractivity contribution in [2.24, 2.45) is 5.92 Å². The van der Waals surface area contributed by atoms with Crippen molar-refractivity contribution in [1.29, 1.82) is 0 Å². The number of benzene rings is 2. The second-order valence-corrected chi connectivity index (χ2v) is 7.28. The molecule has 154 valence electrons. The zero-order chi connectivity index (χ0) is 20.8. The van der Waals surface area contributed by atoms with Crippen LogP contribution in [0.3, 0.4) is 0 Å². The fraction of sp³-hybridized carbons (Fsp3) is 0.391. The van der Waals surface area contributed by atoms with Gasteiger partial charge in [0.05, 0.1) is 14.2 Å². The Morgan fingerprint density at radius 2 is 1.72 bits per heavy atom. The van der Waals surface area contributed by atoms with E-state index in [1.807, 2.05) is 31.2 Å². The first kappa shape index (κ1) is 20.7. The lowest BCUT2D eigenvalue weighted by molar-refractivity contribution is -0.126. The highest BCUT2D eigenvalue weighted by molar-refractivity contribution is 5.95. The molecule has 1 heterocycles. The minimum Gasteiger partial charge on any atom is -0.493 e. The second-order valence-electron chi connectivity index (χ2n) is 7.28. The molecule has 0 aliphatic carbocycles. The first-order chi connectivity index (χ1) is 14.0. The SMILES string of the molecule is COc1ccc(C(=O)N2CCC(C(=O)NCc3ccccc3C)CC2)cc1OC. The third-order valence-corrected chi connectivity index (χ3v) is 5.50. The van der Waals surface area contributed by atoms with Crippen LogP contribution in [0.1, 0.15) is 34.3 Å². The second kappa shape index (κ2) is 9.45. The molecule has 2 aromatic carbocycles. The van der Waals surface area contributed by atoms with Gasteiger partial charge in [0.1, 0.15) is 0 Å². The molecule has 3 rings (SSSR count). The quantitative estimate of drug-likeness (QED) is 0.814. The molecule has 29 heavy (non-hydrogen) atoms. The topological polar surface area (TPSA) is 67.9 Å². The smallest absolute Gasteiger partial charge is 0.253 e. The average molecular weight is 396 g/mol. The number of methoxy groups -OCH3 is 2. The van der Waals surface area contributed by atoms with Gasteiger partial charge in [0.2, 0.25) is 5.91 Å². The number of carbonyl (C=O) groups is 2. The largest absolute Gasteiger partial charge is 0.493 e. The van der Waals surface area contributed by atoms with Gasteiger partial charge in [-0.3, -0.25) is 9.59 Å². The van der Waals surface area contributed by atoms with E-state index in [1.165, 1.54) is 5.56 Å². The van der Waals surface area contributed by atoms with Gasteiger partial charge in [-0.1, -0.05) is 24.3 Å². The molecule has 1 saturated heterocycles. The summed E-state index contributed by atoms with van der Waals surface area (Å²) in [7, 11) is 3.11. The molecule has 1 aliphatic heterocycles. The average Bonchev–Trinajstić information content (AvgIpc) is 2.77. The summed E-state index contributed by atoms with van der Waals surface area (Å²) in [5.41, 5.74) is 2.86. The number of nitrogens with zero attached hydrogens (tertiary/aromatic N) is 1. The molecule has 6 nitrogen and oxygen atoms in total. The Kier molecular flexibility index (Phi) is 6.75. The number of hydrogen-bond donors (Lipinski definition) is 1. The molecule has 0 saturated carbocycles. The predicted octanol–water partition coefficient (Wildman–Crippen LogP) is 3.18. The molecule has 0 aromatic heterocycles.